The number of nitro groups is 2. The molecule has 0 amide bonds. The summed E-state index contributed by atoms with van der Waals surface area (Å²) in [5.74, 6) is 0.456. The zero-order valence-electron chi connectivity index (χ0n) is 14.8. The number of para-hydroxylation sites is 2. The number of nitriles is 1. The SMILES string of the molecule is CN1C(=C(C#N)N=Nc2ccc([N+](=O)[O-])cc2[N+](=O)[O-])N(C)c2ccccc21. The van der Waals surface area contributed by atoms with Gasteiger partial charge in [0.1, 0.15) is 6.07 Å². The summed E-state index contributed by atoms with van der Waals surface area (Å²) in [4.78, 5) is 24.0. The second-order valence-electron chi connectivity index (χ2n) is 5.78. The predicted molar refractivity (Wildman–Crippen MR) is 100 cm³/mol. The summed E-state index contributed by atoms with van der Waals surface area (Å²) in [7, 11) is 3.53. The number of allylic oxidation sites excluding steroid dienone is 1. The smallest absolute Gasteiger partial charge is 0.303 e. The number of fused-ring (bicyclic) bond motifs is 1. The third-order valence-electron chi connectivity index (χ3n) is 4.18. The van der Waals surface area contributed by atoms with Crippen molar-refractivity contribution < 1.29 is 9.85 Å². The molecule has 1 aliphatic heterocycles. The van der Waals surface area contributed by atoms with Crippen LogP contribution in [-0.2, 0) is 0 Å². The molecule has 2 aromatic carbocycles. The number of nitrogens with zero attached hydrogens (tertiary/aromatic N) is 7. The molecule has 0 unspecified atom stereocenters. The lowest BCUT2D eigenvalue weighted by atomic mass is 10.2. The van der Waals surface area contributed by atoms with Crippen molar-refractivity contribution in [1.29, 1.82) is 5.26 Å². The summed E-state index contributed by atoms with van der Waals surface area (Å²) < 4.78 is 0. The Morgan fingerprint density at radius 2 is 1.64 bits per heavy atom. The lowest BCUT2D eigenvalue weighted by Crippen LogP contribution is -2.23. The van der Waals surface area contributed by atoms with Gasteiger partial charge in [-0.25, -0.2) is 0 Å². The highest BCUT2D eigenvalue weighted by atomic mass is 16.6. The molecule has 1 heterocycles. The summed E-state index contributed by atoms with van der Waals surface area (Å²) in [6, 6.07) is 12.4. The van der Waals surface area contributed by atoms with Crippen molar-refractivity contribution in [2.45, 2.75) is 0 Å². The fourth-order valence-corrected chi connectivity index (χ4v) is 2.88. The Morgan fingerprint density at radius 3 is 2.14 bits per heavy atom. The second-order valence-corrected chi connectivity index (χ2v) is 5.78. The van der Waals surface area contributed by atoms with Crippen LogP contribution in [0, 0.1) is 31.6 Å². The van der Waals surface area contributed by atoms with Crippen molar-refractivity contribution >= 4 is 28.4 Å². The van der Waals surface area contributed by atoms with Crippen LogP contribution in [0.15, 0.2) is 64.2 Å². The van der Waals surface area contributed by atoms with E-state index in [0.717, 1.165) is 29.6 Å². The molecule has 0 saturated carbocycles. The minimum Gasteiger partial charge on any atom is -0.327 e. The Labute approximate surface area is 158 Å². The first kappa shape index (κ1) is 18.5. The maximum absolute atomic E-state index is 11.2. The molecule has 0 N–H and O–H groups in total. The Bertz CT molecular complexity index is 1060. The van der Waals surface area contributed by atoms with E-state index in [1.807, 2.05) is 30.3 Å². The van der Waals surface area contributed by atoms with Gasteiger partial charge in [0.15, 0.2) is 11.5 Å². The van der Waals surface area contributed by atoms with Gasteiger partial charge in [0.25, 0.3) is 5.69 Å². The molecule has 2 aromatic rings. The van der Waals surface area contributed by atoms with Crippen LogP contribution >= 0.6 is 0 Å². The minimum atomic E-state index is -0.787. The van der Waals surface area contributed by atoms with Gasteiger partial charge in [-0.05, 0) is 18.2 Å². The number of hydrogen-bond acceptors (Lipinski definition) is 9. The molecule has 28 heavy (non-hydrogen) atoms. The van der Waals surface area contributed by atoms with E-state index in [9.17, 15) is 25.5 Å². The fourth-order valence-electron chi connectivity index (χ4n) is 2.88. The highest BCUT2D eigenvalue weighted by molar-refractivity contribution is 5.82. The third kappa shape index (κ3) is 3.10. The first-order valence-corrected chi connectivity index (χ1v) is 7.90. The maximum atomic E-state index is 11.2. The van der Waals surface area contributed by atoms with Gasteiger partial charge >= 0.3 is 5.69 Å². The molecule has 3 rings (SSSR count). The van der Waals surface area contributed by atoms with E-state index in [-0.39, 0.29) is 11.4 Å². The largest absolute Gasteiger partial charge is 0.327 e. The van der Waals surface area contributed by atoms with Gasteiger partial charge in [0.05, 0.1) is 27.3 Å². The third-order valence-corrected chi connectivity index (χ3v) is 4.18. The molecule has 11 nitrogen and oxygen atoms in total. The van der Waals surface area contributed by atoms with Gasteiger partial charge < -0.3 is 9.80 Å². The minimum absolute atomic E-state index is 0.0612. The quantitative estimate of drug-likeness (QED) is 0.340. The topological polar surface area (TPSA) is 141 Å². The zero-order chi connectivity index (χ0) is 20.4. The van der Waals surface area contributed by atoms with Crippen LogP contribution in [0.25, 0.3) is 0 Å². The maximum Gasteiger partial charge on any atom is 0.303 e. The number of hydrogen-bond donors (Lipinski definition) is 0. The van der Waals surface area contributed by atoms with E-state index in [4.69, 9.17) is 0 Å². The van der Waals surface area contributed by atoms with Gasteiger partial charge in [0, 0.05) is 20.2 Å². The van der Waals surface area contributed by atoms with E-state index in [2.05, 4.69) is 10.2 Å². The van der Waals surface area contributed by atoms with Crippen LogP contribution in [-0.4, -0.2) is 23.9 Å². The molecule has 0 atom stereocenters. The van der Waals surface area contributed by atoms with Crippen molar-refractivity contribution in [2.75, 3.05) is 23.9 Å². The van der Waals surface area contributed by atoms with E-state index in [1.165, 1.54) is 0 Å². The van der Waals surface area contributed by atoms with Gasteiger partial charge in [-0.2, -0.15) is 5.26 Å². The van der Waals surface area contributed by atoms with Crippen LogP contribution in [0.3, 0.4) is 0 Å². The fraction of sp³-hybridized carbons (Fsp3) is 0.118. The lowest BCUT2D eigenvalue weighted by Gasteiger charge is -2.18. The average molecular weight is 379 g/mol. The Hall–Kier alpha value is -4.33. The first-order chi connectivity index (χ1) is 13.3. The van der Waals surface area contributed by atoms with Crippen molar-refractivity contribution in [1.82, 2.24) is 0 Å². The standard InChI is InChI=1S/C17H13N7O4/c1-21-14-5-3-4-6-15(14)22(2)17(21)13(10-18)20-19-12-8-7-11(23(25)26)9-16(12)24(27)28/h3-9H,1-2H3. The molecular formula is C17H13N7O4. The van der Waals surface area contributed by atoms with Crippen LogP contribution < -0.4 is 9.80 Å². The number of benzene rings is 2. The molecule has 0 aromatic heterocycles. The Balaban J connectivity index is 2.04. The highest BCUT2D eigenvalue weighted by Crippen LogP contribution is 2.40. The Kier molecular flexibility index (Phi) is 4.69. The number of azo groups is 1. The summed E-state index contributed by atoms with van der Waals surface area (Å²) in [5, 5.41) is 39.2. The van der Waals surface area contributed by atoms with Crippen LogP contribution in [0.1, 0.15) is 0 Å². The van der Waals surface area contributed by atoms with Crippen LogP contribution in [0.4, 0.5) is 28.4 Å². The summed E-state index contributed by atoms with van der Waals surface area (Å²) in [6.45, 7) is 0. The number of anilines is 2. The monoisotopic (exact) mass is 379 g/mol. The molecule has 1 aliphatic rings. The zero-order valence-corrected chi connectivity index (χ0v) is 14.8. The van der Waals surface area contributed by atoms with E-state index < -0.39 is 21.2 Å². The van der Waals surface area contributed by atoms with E-state index in [0.29, 0.717) is 5.82 Å². The number of non-ortho nitro benzene ring substituents is 1. The normalized spacial score (nSPS) is 12.8. The lowest BCUT2D eigenvalue weighted by molar-refractivity contribution is -0.393. The molecular weight excluding hydrogens is 366 g/mol. The number of nitro benzene ring substituents is 2. The van der Waals surface area contributed by atoms with Crippen molar-refractivity contribution in [3.8, 4) is 6.07 Å². The van der Waals surface area contributed by atoms with Gasteiger partial charge in [-0.1, -0.05) is 12.1 Å². The summed E-state index contributed by atoms with van der Waals surface area (Å²) in [6.07, 6.45) is 0. The molecule has 0 fully saturated rings. The molecule has 0 spiro atoms. The predicted octanol–water partition coefficient (Wildman–Crippen LogP) is 3.87. The summed E-state index contributed by atoms with van der Waals surface area (Å²) >= 11 is 0. The van der Waals surface area contributed by atoms with Gasteiger partial charge in [-0.3, -0.25) is 20.2 Å². The first-order valence-electron chi connectivity index (χ1n) is 7.90. The average Bonchev–Trinajstić information content (AvgIpc) is 2.94. The molecule has 0 aliphatic carbocycles. The van der Waals surface area contributed by atoms with E-state index in [1.54, 1.807) is 23.9 Å². The van der Waals surface area contributed by atoms with Gasteiger partial charge in [0.2, 0.25) is 5.70 Å². The second kappa shape index (κ2) is 7.12. The summed E-state index contributed by atoms with van der Waals surface area (Å²) in [5.41, 5.74) is 0.471. The van der Waals surface area contributed by atoms with Crippen molar-refractivity contribution in [2.24, 2.45) is 10.2 Å². The molecule has 0 bridgehead atoms. The van der Waals surface area contributed by atoms with Crippen molar-refractivity contribution in [3.05, 3.63) is 74.2 Å². The molecule has 0 saturated heterocycles. The molecule has 11 heteroatoms. The van der Waals surface area contributed by atoms with Crippen LogP contribution in [0.2, 0.25) is 0 Å². The van der Waals surface area contributed by atoms with Gasteiger partial charge in [-0.15, -0.1) is 10.2 Å². The molecule has 140 valence electrons. The number of rotatable bonds is 4. The van der Waals surface area contributed by atoms with Crippen LogP contribution in [0.5, 0.6) is 0 Å². The Morgan fingerprint density at radius 1 is 1.04 bits per heavy atom. The molecule has 0 radical (unpaired) electrons. The highest BCUT2D eigenvalue weighted by Gasteiger charge is 2.29. The van der Waals surface area contributed by atoms with Crippen molar-refractivity contribution in [3.63, 3.8) is 0 Å². The van der Waals surface area contributed by atoms with E-state index >= 15 is 0 Å².